The molecule has 2 rings (SSSR count). The first-order valence-corrected chi connectivity index (χ1v) is 7.87. The minimum absolute atomic E-state index is 0.0183. The van der Waals surface area contributed by atoms with Gasteiger partial charge in [0.25, 0.3) is 0 Å². The van der Waals surface area contributed by atoms with Crippen LogP contribution in [0, 0.1) is 11.8 Å². The molecule has 0 bridgehead atoms. The summed E-state index contributed by atoms with van der Waals surface area (Å²) in [5.74, 6) is -0.226. The molecule has 23 heavy (non-hydrogen) atoms. The second kappa shape index (κ2) is 7.33. The summed E-state index contributed by atoms with van der Waals surface area (Å²) in [4.78, 5) is 11.7. The van der Waals surface area contributed by atoms with Crippen molar-refractivity contribution in [3.05, 3.63) is 17.5 Å². The molecule has 5 nitrogen and oxygen atoms in total. The van der Waals surface area contributed by atoms with Crippen LogP contribution in [-0.4, -0.2) is 28.9 Å². The van der Waals surface area contributed by atoms with E-state index < -0.39 is 23.4 Å². The van der Waals surface area contributed by atoms with Crippen LogP contribution in [0.4, 0.5) is 13.2 Å². The third-order valence-corrected chi connectivity index (χ3v) is 4.27. The second-order valence-electron chi connectivity index (χ2n) is 5.95. The maximum atomic E-state index is 13.0. The molecule has 1 saturated carbocycles. The Balaban J connectivity index is 2.12. The quantitative estimate of drug-likeness (QED) is 0.841. The van der Waals surface area contributed by atoms with Gasteiger partial charge in [0.1, 0.15) is 5.56 Å². The van der Waals surface area contributed by atoms with Crippen LogP contribution < -0.4 is 5.73 Å². The van der Waals surface area contributed by atoms with Gasteiger partial charge in [0.2, 0.25) is 0 Å². The van der Waals surface area contributed by atoms with E-state index in [-0.39, 0.29) is 12.5 Å². The van der Waals surface area contributed by atoms with Crippen molar-refractivity contribution in [1.29, 1.82) is 0 Å². The van der Waals surface area contributed by atoms with E-state index in [1.165, 1.54) is 4.68 Å². The van der Waals surface area contributed by atoms with Crippen LogP contribution in [0.2, 0.25) is 0 Å². The number of ether oxygens (including phenoxy) is 1. The molecule has 0 saturated heterocycles. The minimum Gasteiger partial charge on any atom is -0.462 e. The van der Waals surface area contributed by atoms with Crippen molar-refractivity contribution in [2.24, 2.45) is 17.6 Å². The van der Waals surface area contributed by atoms with Gasteiger partial charge < -0.3 is 10.5 Å². The molecule has 0 radical (unpaired) electrons. The summed E-state index contributed by atoms with van der Waals surface area (Å²) in [5.41, 5.74) is 3.95. The Labute approximate surface area is 133 Å². The van der Waals surface area contributed by atoms with Crippen molar-refractivity contribution in [2.75, 3.05) is 13.2 Å². The van der Waals surface area contributed by atoms with Crippen LogP contribution >= 0.6 is 0 Å². The largest absolute Gasteiger partial charge is 0.462 e. The lowest BCUT2D eigenvalue weighted by molar-refractivity contribution is -0.142. The highest BCUT2D eigenvalue weighted by Gasteiger charge is 2.40. The normalized spacial score (nSPS) is 22.1. The number of carbonyl (C=O) groups is 1. The molecule has 1 aliphatic rings. The number of aromatic nitrogens is 2. The van der Waals surface area contributed by atoms with E-state index in [0.29, 0.717) is 19.0 Å². The molecule has 8 heteroatoms. The molecule has 1 aromatic heterocycles. The third kappa shape index (κ3) is 4.46. The number of hydrogen-bond acceptors (Lipinski definition) is 4. The first-order chi connectivity index (χ1) is 10.8. The summed E-state index contributed by atoms with van der Waals surface area (Å²) in [6.07, 6.45) is 0.272. The van der Waals surface area contributed by atoms with Crippen molar-refractivity contribution in [3.63, 3.8) is 0 Å². The van der Waals surface area contributed by atoms with Crippen molar-refractivity contribution in [2.45, 2.75) is 45.3 Å². The summed E-state index contributed by atoms with van der Waals surface area (Å²) >= 11 is 0. The predicted molar refractivity (Wildman–Crippen MR) is 77.7 cm³/mol. The monoisotopic (exact) mass is 333 g/mol. The smallest absolute Gasteiger partial charge is 0.436 e. The Morgan fingerprint density at radius 1 is 1.35 bits per heavy atom. The maximum absolute atomic E-state index is 13.0. The zero-order chi connectivity index (χ0) is 17.0. The van der Waals surface area contributed by atoms with Crippen LogP contribution in [0.15, 0.2) is 6.20 Å². The lowest BCUT2D eigenvalue weighted by atomic mass is 9.82. The Bertz CT molecular complexity index is 535. The fourth-order valence-electron chi connectivity index (χ4n) is 3.00. The lowest BCUT2D eigenvalue weighted by Gasteiger charge is -2.27. The van der Waals surface area contributed by atoms with E-state index in [9.17, 15) is 18.0 Å². The molecule has 1 fully saturated rings. The van der Waals surface area contributed by atoms with Gasteiger partial charge in [-0.05, 0) is 51.0 Å². The number of hydrogen-bond donors (Lipinski definition) is 1. The molecule has 0 aliphatic heterocycles. The van der Waals surface area contributed by atoms with E-state index in [2.05, 4.69) is 9.84 Å². The summed E-state index contributed by atoms with van der Waals surface area (Å²) in [6, 6.07) is 0. The van der Waals surface area contributed by atoms with E-state index >= 15 is 0 Å². The minimum atomic E-state index is -4.68. The van der Waals surface area contributed by atoms with Crippen LogP contribution in [0.3, 0.4) is 0 Å². The third-order valence-electron chi connectivity index (χ3n) is 4.27. The number of rotatable bonds is 5. The van der Waals surface area contributed by atoms with Gasteiger partial charge in [-0.15, -0.1) is 0 Å². The molecule has 0 aromatic carbocycles. The summed E-state index contributed by atoms with van der Waals surface area (Å²) in [7, 11) is 0. The SMILES string of the molecule is CCOC(=O)c1cn(CC2CCC(CN)CC2)nc1C(F)(F)F. The van der Waals surface area contributed by atoms with E-state index in [0.717, 1.165) is 31.9 Å². The molecule has 2 N–H and O–H groups in total. The van der Waals surface area contributed by atoms with Gasteiger partial charge in [0.15, 0.2) is 5.69 Å². The fourth-order valence-corrected chi connectivity index (χ4v) is 3.00. The van der Waals surface area contributed by atoms with Crippen LogP contribution in [0.25, 0.3) is 0 Å². The number of carbonyl (C=O) groups excluding carboxylic acids is 1. The highest BCUT2D eigenvalue weighted by molar-refractivity contribution is 5.90. The number of halogens is 3. The maximum Gasteiger partial charge on any atom is 0.436 e. The Morgan fingerprint density at radius 3 is 2.48 bits per heavy atom. The van der Waals surface area contributed by atoms with Crippen molar-refractivity contribution < 1.29 is 22.7 Å². The van der Waals surface area contributed by atoms with Gasteiger partial charge in [-0.25, -0.2) is 4.79 Å². The zero-order valence-corrected chi connectivity index (χ0v) is 13.1. The topological polar surface area (TPSA) is 70.1 Å². The van der Waals surface area contributed by atoms with E-state index in [4.69, 9.17) is 5.73 Å². The van der Waals surface area contributed by atoms with Crippen molar-refractivity contribution in [1.82, 2.24) is 9.78 Å². The summed E-state index contributed by atoms with van der Waals surface area (Å²) < 4.78 is 45.0. The van der Waals surface area contributed by atoms with Crippen LogP contribution in [0.5, 0.6) is 0 Å². The van der Waals surface area contributed by atoms with Gasteiger partial charge in [-0.3, -0.25) is 4.68 Å². The molecule has 0 amide bonds. The molecule has 130 valence electrons. The van der Waals surface area contributed by atoms with E-state index in [1.54, 1.807) is 6.92 Å². The molecule has 1 aliphatic carbocycles. The second-order valence-corrected chi connectivity index (χ2v) is 5.95. The molecule has 0 spiro atoms. The van der Waals surface area contributed by atoms with Crippen molar-refractivity contribution >= 4 is 5.97 Å². The van der Waals surface area contributed by atoms with Crippen LogP contribution in [0.1, 0.15) is 48.7 Å². The Hall–Kier alpha value is -1.57. The highest BCUT2D eigenvalue weighted by atomic mass is 19.4. The average molecular weight is 333 g/mol. The number of esters is 1. The first-order valence-electron chi connectivity index (χ1n) is 7.87. The molecular weight excluding hydrogens is 311 g/mol. The predicted octanol–water partition coefficient (Wildman–Crippen LogP) is 2.84. The van der Waals surface area contributed by atoms with Crippen molar-refractivity contribution in [3.8, 4) is 0 Å². The van der Waals surface area contributed by atoms with Crippen LogP contribution in [-0.2, 0) is 17.5 Å². The first kappa shape index (κ1) is 17.8. The van der Waals surface area contributed by atoms with Gasteiger partial charge in [0, 0.05) is 12.7 Å². The molecule has 0 atom stereocenters. The Morgan fingerprint density at radius 2 is 1.96 bits per heavy atom. The highest BCUT2D eigenvalue weighted by Crippen LogP contribution is 2.33. The van der Waals surface area contributed by atoms with Gasteiger partial charge in [-0.1, -0.05) is 0 Å². The average Bonchev–Trinajstić information content (AvgIpc) is 2.92. The standard InChI is InChI=1S/C15H22F3N3O2/c1-2-23-14(22)12-9-21(20-13(12)15(16,17)18)8-11-5-3-10(7-19)4-6-11/h9-11H,2-8,19H2,1H3. The van der Waals surface area contributed by atoms with Gasteiger partial charge in [-0.2, -0.15) is 18.3 Å². The number of nitrogens with two attached hydrogens (primary N) is 1. The van der Waals surface area contributed by atoms with Gasteiger partial charge in [0.05, 0.1) is 6.61 Å². The molecule has 1 aromatic rings. The molecule has 0 unspecified atom stereocenters. The fraction of sp³-hybridized carbons (Fsp3) is 0.733. The molecular formula is C15H22F3N3O2. The molecule has 1 heterocycles. The number of nitrogens with zero attached hydrogens (tertiary/aromatic N) is 2. The lowest BCUT2D eigenvalue weighted by Crippen LogP contribution is -2.24. The zero-order valence-electron chi connectivity index (χ0n) is 13.1. The Kier molecular flexibility index (Phi) is 5.67. The summed E-state index contributed by atoms with van der Waals surface area (Å²) in [5, 5.41) is 3.58. The summed E-state index contributed by atoms with van der Waals surface area (Å²) in [6.45, 7) is 2.59. The number of alkyl halides is 3. The van der Waals surface area contributed by atoms with E-state index in [1.807, 2.05) is 0 Å². The van der Waals surface area contributed by atoms with Gasteiger partial charge >= 0.3 is 12.1 Å².